The smallest absolute Gasteiger partial charge is 0.0843 e. The summed E-state index contributed by atoms with van der Waals surface area (Å²) in [6.45, 7) is 4.22. The van der Waals surface area contributed by atoms with Crippen LogP contribution in [-0.4, -0.2) is 4.37 Å². The van der Waals surface area contributed by atoms with Crippen LogP contribution in [0.2, 0.25) is 0 Å². The number of hydrogen-bond donors (Lipinski definition) is 0. The zero-order valence-electron chi connectivity index (χ0n) is 6.59. The lowest BCUT2D eigenvalue weighted by Gasteiger charge is -1.91. The van der Waals surface area contributed by atoms with Crippen LogP contribution < -0.4 is 0 Å². The van der Waals surface area contributed by atoms with Crippen molar-refractivity contribution in [2.24, 2.45) is 0 Å². The zero-order chi connectivity index (χ0) is 7.84. The predicted octanol–water partition coefficient (Wildman–Crippen LogP) is 2.91. The molecule has 0 unspecified atom stereocenters. The first-order valence-electron chi connectivity index (χ1n) is 3.60. The molecule has 0 fully saturated rings. The fourth-order valence-electron chi connectivity index (χ4n) is 1.18. The van der Waals surface area contributed by atoms with Crippen molar-refractivity contribution in [3.8, 4) is 0 Å². The van der Waals surface area contributed by atoms with Gasteiger partial charge < -0.3 is 0 Å². The summed E-state index contributed by atoms with van der Waals surface area (Å²) in [6, 6.07) is 6.36. The average molecular weight is 163 g/mol. The summed E-state index contributed by atoms with van der Waals surface area (Å²) in [6.07, 6.45) is 0. The second-order valence-electron chi connectivity index (χ2n) is 2.76. The number of aryl methyl sites for hydroxylation is 2. The van der Waals surface area contributed by atoms with E-state index in [0.717, 1.165) is 5.52 Å². The van der Waals surface area contributed by atoms with E-state index < -0.39 is 0 Å². The highest BCUT2D eigenvalue weighted by Crippen LogP contribution is 2.21. The highest BCUT2D eigenvalue weighted by atomic mass is 32.1. The number of fused-ring (bicyclic) bond motifs is 1. The van der Waals surface area contributed by atoms with Crippen molar-refractivity contribution in [1.29, 1.82) is 0 Å². The molecule has 1 heterocycles. The van der Waals surface area contributed by atoms with Gasteiger partial charge in [-0.3, -0.25) is 0 Å². The number of benzene rings is 1. The van der Waals surface area contributed by atoms with Crippen LogP contribution in [0.5, 0.6) is 0 Å². The molecule has 0 N–H and O–H groups in total. The van der Waals surface area contributed by atoms with E-state index in [1.807, 2.05) is 0 Å². The first-order valence-corrected chi connectivity index (χ1v) is 4.37. The Hall–Kier alpha value is -0.890. The van der Waals surface area contributed by atoms with Gasteiger partial charge in [-0.2, -0.15) is 4.37 Å². The minimum absolute atomic E-state index is 1.12. The van der Waals surface area contributed by atoms with Gasteiger partial charge in [-0.25, -0.2) is 0 Å². The molecule has 2 aromatic rings. The van der Waals surface area contributed by atoms with Crippen LogP contribution in [0, 0.1) is 13.8 Å². The van der Waals surface area contributed by atoms with Crippen molar-refractivity contribution in [2.75, 3.05) is 0 Å². The van der Waals surface area contributed by atoms with Gasteiger partial charge in [-0.1, -0.05) is 11.6 Å². The van der Waals surface area contributed by atoms with Gasteiger partial charge in [0.05, 0.1) is 5.52 Å². The largest absolute Gasteiger partial charge is 0.192 e. The molecule has 0 aliphatic heterocycles. The molecule has 0 saturated heterocycles. The van der Waals surface area contributed by atoms with Crippen molar-refractivity contribution < 1.29 is 0 Å². The maximum atomic E-state index is 4.30. The lowest BCUT2D eigenvalue weighted by atomic mass is 10.1. The van der Waals surface area contributed by atoms with Crippen LogP contribution in [0.3, 0.4) is 0 Å². The average Bonchev–Trinajstić information content (AvgIpc) is 2.33. The molecule has 1 aromatic heterocycles. The van der Waals surface area contributed by atoms with E-state index in [-0.39, 0.29) is 0 Å². The predicted molar refractivity (Wildman–Crippen MR) is 49.1 cm³/mol. The Morgan fingerprint density at radius 1 is 1.27 bits per heavy atom. The number of nitrogens with zero attached hydrogens (tertiary/aromatic N) is 1. The maximum Gasteiger partial charge on any atom is 0.0843 e. The summed E-state index contributed by atoms with van der Waals surface area (Å²) in [7, 11) is 0. The molecule has 0 bridgehead atoms. The Morgan fingerprint density at radius 3 is 2.91 bits per heavy atom. The van der Waals surface area contributed by atoms with Crippen molar-refractivity contribution in [3.05, 3.63) is 28.6 Å². The molecular formula is C9H9NS. The van der Waals surface area contributed by atoms with Crippen LogP contribution in [0.15, 0.2) is 18.2 Å². The SMILES string of the molecule is Cc1ccc2nsc(C)c2c1. The Kier molecular flexibility index (Phi) is 1.43. The number of hydrogen-bond acceptors (Lipinski definition) is 2. The first kappa shape index (κ1) is 6.80. The van der Waals surface area contributed by atoms with E-state index >= 15 is 0 Å². The van der Waals surface area contributed by atoms with Gasteiger partial charge in [0.1, 0.15) is 0 Å². The molecule has 2 heteroatoms. The van der Waals surface area contributed by atoms with E-state index in [1.165, 1.54) is 15.8 Å². The van der Waals surface area contributed by atoms with Gasteiger partial charge in [0.15, 0.2) is 0 Å². The molecule has 1 nitrogen and oxygen atoms in total. The van der Waals surface area contributed by atoms with Gasteiger partial charge in [0, 0.05) is 10.3 Å². The normalized spacial score (nSPS) is 10.7. The third-order valence-electron chi connectivity index (χ3n) is 1.81. The second kappa shape index (κ2) is 2.31. The Morgan fingerprint density at radius 2 is 2.09 bits per heavy atom. The molecule has 0 radical (unpaired) electrons. The molecule has 0 spiro atoms. The number of aromatic nitrogens is 1. The quantitative estimate of drug-likeness (QED) is 0.582. The summed E-state index contributed by atoms with van der Waals surface area (Å²) in [5, 5.41) is 1.30. The third-order valence-corrected chi connectivity index (χ3v) is 2.59. The van der Waals surface area contributed by atoms with E-state index in [1.54, 1.807) is 11.5 Å². The van der Waals surface area contributed by atoms with Gasteiger partial charge >= 0.3 is 0 Å². The Balaban J connectivity index is 2.87. The molecule has 0 amide bonds. The molecule has 56 valence electrons. The van der Waals surface area contributed by atoms with Crippen LogP contribution in [0.4, 0.5) is 0 Å². The monoisotopic (exact) mass is 163 g/mol. The fraction of sp³-hybridized carbons (Fsp3) is 0.222. The summed E-state index contributed by atoms with van der Waals surface area (Å²) < 4.78 is 4.30. The van der Waals surface area contributed by atoms with Crippen LogP contribution in [0.25, 0.3) is 10.9 Å². The molecule has 1 aromatic carbocycles. The highest BCUT2D eigenvalue weighted by molar-refractivity contribution is 7.07. The summed E-state index contributed by atoms with van der Waals surface area (Å²) in [5.41, 5.74) is 2.43. The van der Waals surface area contributed by atoms with Gasteiger partial charge in [0.25, 0.3) is 0 Å². The van der Waals surface area contributed by atoms with Crippen LogP contribution in [0.1, 0.15) is 10.4 Å². The summed E-state index contributed by atoms with van der Waals surface area (Å²) in [4.78, 5) is 1.31. The lowest BCUT2D eigenvalue weighted by Crippen LogP contribution is -1.72. The highest BCUT2D eigenvalue weighted by Gasteiger charge is 1.99. The van der Waals surface area contributed by atoms with Crippen molar-refractivity contribution in [2.45, 2.75) is 13.8 Å². The van der Waals surface area contributed by atoms with Crippen molar-refractivity contribution >= 4 is 22.4 Å². The van der Waals surface area contributed by atoms with Crippen molar-refractivity contribution in [3.63, 3.8) is 0 Å². The molecule has 0 saturated carbocycles. The van der Waals surface area contributed by atoms with E-state index in [9.17, 15) is 0 Å². The Labute approximate surface area is 69.8 Å². The van der Waals surface area contributed by atoms with E-state index in [4.69, 9.17) is 0 Å². The zero-order valence-corrected chi connectivity index (χ0v) is 7.40. The lowest BCUT2D eigenvalue weighted by molar-refractivity contribution is 1.49. The van der Waals surface area contributed by atoms with Crippen LogP contribution in [-0.2, 0) is 0 Å². The van der Waals surface area contributed by atoms with E-state index in [0.29, 0.717) is 0 Å². The van der Waals surface area contributed by atoms with E-state index in [2.05, 4.69) is 36.4 Å². The minimum Gasteiger partial charge on any atom is -0.192 e. The molecule has 2 rings (SSSR count). The summed E-state index contributed by atoms with van der Waals surface area (Å²) in [5.74, 6) is 0. The van der Waals surface area contributed by atoms with Crippen molar-refractivity contribution in [1.82, 2.24) is 4.37 Å². The minimum atomic E-state index is 1.12. The molecule has 0 atom stereocenters. The first-order chi connectivity index (χ1) is 5.27. The van der Waals surface area contributed by atoms with Gasteiger partial charge in [-0.05, 0) is 37.5 Å². The fourth-order valence-corrected chi connectivity index (χ4v) is 1.83. The second-order valence-corrected chi connectivity index (χ2v) is 3.74. The molecular weight excluding hydrogens is 154 g/mol. The van der Waals surface area contributed by atoms with Gasteiger partial charge in [-0.15, -0.1) is 0 Å². The Bertz CT molecular complexity index is 389. The van der Waals surface area contributed by atoms with Crippen LogP contribution >= 0.6 is 11.5 Å². The molecule has 0 aliphatic rings. The molecule has 11 heavy (non-hydrogen) atoms. The van der Waals surface area contributed by atoms with Gasteiger partial charge in [0.2, 0.25) is 0 Å². The standard InChI is InChI=1S/C9H9NS/c1-6-3-4-9-8(5-6)7(2)11-10-9/h3-5H,1-2H3. The maximum absolute atomic E-state index is 4.30. The summed E-state index contributed by atoms with van der Waals surface area (Å²) >= 11 is 1.58. The number of rotatable bonds is 0. The third kappa shape index (κ3) is 1.03. The molecule has 0 aliphatic carbocycles. The topological polar surface area (TPSA) is 12.9 Å².